The van der Waals surface area contributed by atoms with Crippen molar-refractivity contribution in [3.63, 3.8) is 0 Å². The van der Waals surface area contributed by atoms with E-state index in [4.69, 9.17) is 19.3 Å². The Hall–Kier alpha value is -3.61. The zero-order chi connectivity index (χ0) is 18.1. The number of para-hydroxylation sites is 1. The highest BCUT2D eigenvalue weighted by molar-refractivity contribution is 5.94. The van der Waals surface area contributed by atoms with Crippen molar-refractivity contribution >= 4 is 16.8 Å². The highest BCUT2D eigenvalue weighted by Crippen LogP contribution is 2.26. The van der Waals surface area contributed by atoms with Gasteiger partial charge in [-0.25, -0.2) is 9.97 Å². The maximum atomic E-state index is 11.4. The topological polar surface area (TPSA) is 104 Å². The Morgan fingerprint density at radius 1 is 1.15 bits per heavy atom. The average molecular weight is 349 g/mol. The lowest BCUT2D eigenvalue weighted by Gasteiger charge is -2.08. The number of rotatable bonds is 5. The van der Waals surface area contributed by atoms with Gasteiger partial charge in [-0.15, -0.1) is 0 Å². The van der Waals surface area contributed by atoms with Crippen LogP contribution >= 0.6 is 0 Å². The van der Waals surface area contributed by atoms with Gasteiger partial charge in [0.25, 0.3) is 11.8 Å². The van der Waals surface area contributed by atoms with Crippen molar-refractivity contribution in [3.8, 4) is 17.4 Å². The number of oxazole rings is 1. The van der Waals surface area contributed by atoms with Crippen LogP contribution in [0.4, 0.5) is 0 Å². The van der Waals surface area contributed by atoms with Crippen molar-refractivity contribution < 1.29 is 18.4 Å². The molecule has 1 aromatic carbocycles. The second kappa shape index (κ2) is 6.36. The van der Waals surface area contributed by atoms with Crippen LogP contribution < -0.4 is 10.5 Å². The first kappa shape index (κ1) is 15.9. The largest absolute Gasteiger partial charge is 0.485 e. The molecule has 7 nitrogen and oxygen atoms in total. The van der Waals surface area contributed by atoms with Crippen LogP contribution in [-0.2, 0) is 6.61 Å². The van der Waals surface area contributed by atoms with E-state index in [0.717, 1.165) is 5.39 Å². The number of hydrogen-bond donors (Lipinski definition) is 1. The normalized spacial score (nSPS) is 11.0. The van der Waals surface area contributed by atoms with Crippen molar-refractivity contribution in [2.45, 2.75) is 13.5 Å². The summed E-state index contributed by atoms with van der Waals surface area (Å²) in [5.41, 5.74) is 6.72. The molecule has 26 heavy (non-hydrogen) atoms. The van der Waals surface area contributed by atoms with Crippen LogP contribution in [0.25, 0.3) is 22.6 Å². The molecule has 1 amide bonds. The maximum Gasteiger partial charge on any atom is 0.267 e. The molecular formula is C19H15N3O4. The molecule has 0 radical (unpaired) electrons. The zero-order valence-corrected chi connectivity index (χ0v) is 13.9. The summed E-state index contributed by atoms with van der Waals surface area (Å²) in [5.74, 6) is 1.54. The number of furan rings is 1. The minimum atomic E-state index is -0.586. The lowest BCUT2D eigenvalue weighted by atomic mass is 10.2. The molecule has 0 unspecified atom stereocenters. The third-order valence-corrected chi connectivity index (χ3v) is 3.92. The molecule has 4 rings (SSSR count). The highest BCUT2D eigenvalue weighted by atomic mass is 16.5. The number of amides is 1. The van der Waals surface area contributed by atoms with Gasteiger partial charge >= 0.3 is 0 Å². The summed E-state index contributed by atoms with van der Waals surface area (Å²) in [4.78, 5) is 20.1. The summed E-state index contributed by atoms with van der Waals surface area (Å²) in [6, 6.07) is 12.4. The van der Waals surface area contributed by atoms with Crippen LogP contribution in [0.2, 0.25) is 0 Å². The van der Waals surface area contributed by atoms with E-state index in [1.807, 2.05) is 19.1 Å². The maximum absolute atomic E-state index is 11.4. The van der Waals surface area contributed by atoms with Crippen LogP contribution in [-0.4, -0.2) is 15.9 Å². The number of aromatic nitrogens is 2. The number of nitrogens with zero attached hydrogens (tertiary/aromatic N) is 2. The fourth-order valence-electron chi connectivity index (χ4n) is 2.59. The van der Waals surface area contributed by atoms with E-state index in [0.29, 0.717) is 34.4 Å². The van der Waals surface area contributed by atoms with Crippen molar-refractivity contribution in [1.82, 2.24) is 9.97 Å². The number of carbonyl (C=O) groups excluding carboxylic acids is 1. The Morgan fingerprint density at radius 3 is 2.81 bits per heavy atom. The van der Waals surface area contributed by atoms with E-state index in [9.17, 15) is 4.79 Å². The SMILES string of the molecule is Cc1oc(-c2ccco2)nc1COc1cccc2ccc(C(N)=O)nc12. The number of aryl methyl sites for hydroxylation is 1. The average Bonchev–Trinajstić information content (AvgIpc) is 3.29. The third kappa shape index (κ3) is 2.90. The zero-order valence-electron chi connectivity index (χ0n) is 13.9. The number of hydrogen-bond acceptors (Lipinski definition) is 6. The Balaban J connectivity index is 1.62. The Labute approximate surface area is 148 Å². The number of primary amides is 1. The lowest BCUT2D eigenvalue weighted by Crippen LogP contribution is -2.13. The predicted molar refractivity (Wildman–Crippen MR) is 93.5 cm³/mol. The van der Waals surface area contributed by atoms with Gasteiger partial charge in [0.05, 0.1) is 6.26 Å². The van der Waals surface area contributed by atoms with Gasteiger partial charge < -0.3 is 19.3 Å². The first-order valence-electron chi connectivity index (χ1n) is 7.94. The molecule has 0 aliphatic carbocycles. The number of pyridine rings is 1. The van der Waals surface area contributed by atoms with Gasteiger partial charge in [0.15, 0.2) is 5.76 Å². The van der Waals surface area contributed by atoms with Crippen LogP contribution in [0, 0.1) is 6.92 Å². The van der Waals surface area contributed by atoms with Gasteiger partial charge in [0, 0.05) is 5.39 Å². The van der Waals surface area contributed by atoms with Crippen molar-refractivity contribution in [3.05, 3.63) is 65.9 Å². The molecule has 0 bridgehead atoms. The molecule has 2 N–H and O–H groups in total. The fraction of sp³-hybridized carbons (Fsp3) is 0.105. The molecule has 0 saturated carbocycles. The molecule has 3 heterocycles. The Bertz CT molecular complexity index is 1080. The van der Waals surface area contributed by atoms with Gasteiger partial charge in [-0.1, -0.05) is 18.2 Å². The molecule has 0 spiro atoms. The lowest BCUT2D eigenvalue weighted by molar-refractivity contribution is 0.0996. The smallest absolute Gasteiger partial charge is 0.267 e. The van der Waals surface area contributed by atoms with E-state index >= 15 is 0 Å². The van der Waals surface area contributed by atoms with Gasteiger partial charge in [-0.2, -0.15) is 0 Å². The van der Waals surface area contributed by atoms with Crippen LogP contribution in [0.5, 0.6) is 5.75 Å². The molecule has 0 saturated heterocycles. The van der Waals surface area contributed by atoms with Gasteiger partial charge in [0.1, 0.15) is 35.0 Å². The van der Waals surface area contributed by atoms with Crippen molar-refractivity contribution in [2.75, 3.05) is 0 Å². The molecule has 0 atom stereocenters. The monoisotopic (exact) mass is 349 g/mol. The fourth-order valence-corrected chi connectivity index (χ4v) is 2.59. The second-order valence-electron chi connectivity index (χ2n) is 5.68. The molecule has 4 aromatic rings. The molecule has 0 fully saturated rings. The molecule has 7 heteroatoms. The molecule has 3 aromatic heterocycles. The quantitative estimate of drug-likeness (QED) is 0.591. The van der Waals surface area contributed by atoms with Gasteiger partial charge in [-0.3, -0.25) is 4.79 Å². The van der Waals surface area contributed by atoms with Gasteiger partial charge in [0.2, 0.25) is 0 Å². The summed E-state index contributed by atoms with van der Waals surface area (Å²) in [5, 5.41) is 0.848. The molecule has 130 valence electrons. The number of carbonyl (C=O) groups is 1. The van der Waals surface area contributed by atoms with E-state index in [-0.39, 0.29) is 12.3 Å². The summed E-state index contributed by atoms with van der Waals surface area (Å²) in [6.07, 6.45) is 1.56. The van der Waals surface area contributed by atoms with Crippen molar-refractivity contribution in [1.29, 1.82) is 0 Å². The third-order valence-electron chi connectivity index (χ3n) is 3.92. The minimum Gasteiger partial charge on any atom is -0.485 e. The Morgan fingerprint density at radius 2 is 2.04 bits per heavy atom. The van der Waals surface area contributed by atoms with E-state index in [2.05, 4.69) is 9.97 Å². The van der Waals surface area contributed by atoms with Crippen molar-refractivity contribution in [2.24, 2.45) is 5.73 Å². The van der Waals surface area contributed by atoms with Crippen LogP contribution in [0.1, 0.15) is 21.9 Å². The molecular weight excluding hydrogens is 334 g/mol. The van der Waals surface area contributed by atoms with E-state index < -0.39 is 5.91 Å². The number of benzene rings is 1. The Kier molecular flexibility index (Phi) is 3.89. The van der Waals surface area contributed by atoms with Crippen LogP contribution in [0.15, 0.2) is 57.6 Å². The second-order valence-corrected chi connectivity index (χ2v) is 5.68. The summed E-state index contributed by atoms with van der Waals surface area (Å²) < 4.78 is 16.8. The van der Waals surface area contributed by atoms with E-state index in [1.165, 1.54) is 0 Å². The summed E-state index contributed by atoms with van der Waals surface area (Å²) in [6.45, 7) is 2.00. The first-order chi connectivity index (χ1) is 12.6. The van der Waals surface area contributed by atoms with Crippen LogP contribution in [0.3, 0.4) is 0 Å². The molecule has 0 aliphatic rings. The highest BCUT2D eigenvalue weighted by Gasteiger charge is 2.15. The minimum absolute atomic E-state index is 0.186. The molecule has 0 aliphatic heterocycles. The van der Waals surface area contributed by atoms with E-state index in [1.54, 1.807) is 36.6 Å². The predicted octanol–water partition coefficient (Wildman–Crippen LogP) is 3.47. The number of fused-ring (bicyclic) bond motifs is 1. The number of nitrogens with two attached hydrogens (primary N) is 1. The summed E-state index contributed by atoms with van der Waals surface area (Å²) >= 11 is 0. The number of ether oxygens (including phenoxy) is 1. The standard InChI is InChI=1S/C19H15N3O4/c1-11-14(22-19(26-11)16-6-3-9-24-16)10-25-15-5-2-4-12-7-8-13(18(20)23)21-17(12)15/h2-9H,10H2,1H3,(H2,20,23). The summed E-state index contributed by atoms with van der Waals surface area (Å²) in [7, 11) is 0. The first-order valence-corrected chi connectivity index (χ1v) is 7.94. The van der Waals surface area contributed by atoms with Gasteiger partial charge in [-0.05, 0) is 31.2 Å².